The number of unbranched alkanes of at least 4 members (excludes halogenated alkanes) is 4. The summed E-state index contributed by atoms with van der Waals surface area (Å²) in [4.78, 5) is 0. The third-order valence-corrected chi connectivity index (χ3v) is 3.65. The van der Waals surface area contributed by atoms with E-state index in [0.29, 0.717) is 0 Å². The lowest BCUT2D eigenvalue weighted by molar-refractivity contribution is 0.298. The first-order valence-electron chi connectivity index (χ1n) is 7.05. The van der Waals surface area contributed by atoms with Crippen LogP contribution in [0.15, 0.2) is 0 Å². The van der Waals surface area contributed by atoms with Gasteiger partial charge in [0.2, 0.25) is 0 Å². The van der Waals surface area contributed by atoms with E-state index in [0.717, 1.165) is 18.3 Å². The Hall–Kier alpha value is 0. The van der Waals surface area contributed by atoms with Gasteiger partial charge in [-0.15, -0.1) is 0 Å². The molecule has 0 heterocycles. The first kappa shape index (κ1) is 15.0. The van der Waals surface area contributed by atoms with Gasteiger partial charge >= 0.3 is 0 Å². The zero-order chi connectivity index (χ0) is 11.5. The van der Waals surface area contributed by atoms with Gasteiger partial charge in [-0.05, 0) is 11.8 Å². The van der Waals surface area contributed by atoms with Gasteiger partial charge in [-0.2, -0.15) is 0 Å². The molecular weight excluding hydrogens is 180 g/mol. The molecule has 0 aromatic heterocycles. The van der Waals surface area contributed by atoms with Gasteiger partial charge in [0.25, 0.3) is 0 Å². The van der Waals surface area contributed by atoms with Crippen LogP contribution in [0.3, 0.4) is 0 Å². The average molecular weight is 211 g/mol. The summed E-state index contributed by atoms with van der Waals surface area (Å²) in [7, 11) is 0. The highest BCUT2D eigenvalue weighted by Gasteiger charge is 2.13. The highest BCUT2D eigenvalue weighted by atomic mass is 14.2. The maximum absolute atomic E-state index is 3.88. The minimum atomic E-state index is 0.940. The average Bonchev–Trinajstić information content (AvgIpc) is 2.25. The number of rotatable bonds is 10. The molecule has 0 aromatic carbocycles. The molecule has 2 atom stereocenters. The van der Waals surface area contributed by atoms with Crippen molar-refractivity contribution in [2.75, 3.05) is 0 Å². The summed E-state index contributed by atoms with van der Waals surface area (Å²) < 4.78 is 0. The molecule has 15 heavy (non-hydrogen) atoms. The first-order valence-corrected chi connectivity index (χ1v) is 7.05. The Labute approximate surface area is 97.8 Å². The van der Waals surface area contributed by atoms with Gasteiger partial charge in [0.05, 0.1) is 0 Å². The van der Waals surface area contributed by atoms with E-state index in [1.165, 1.54) is 51.4 Å². The van der Waals surface area contributed by atoms with Gasteiger partial charge < -0.3 is 0 Å². The zero-order valence-corrected chi connectivity index (χ0v) is 11.2. The van der Waals surface area contributed by atoms with Crippen LogP contribution in [0.1, 0.15) is 78.6 Å². The van der Waals surface area contributed by atoms with Crippen molar-refractivity contribution in [3.63, 3.8) is 0 Å². The summed E-state index contributed by atoms with van der Waals surface area (Å²) in [6, 6.07) is 0. The molecular formula is C15H31. The molecule has 0 spiro atoms. The summed E-state index contributed by atoms with van der Waals surface area (Å²) in [5.41, 5.74) is 0. The van der Waals surface area contributed by atoms with Crippen molar-refractivity contribution in [2.24, 2.45) is 11.8 Å². The van der Waals surface area contributed by atoms with Crippen molar-refractivity contribution < 1.29 is 0 Å². The molecule has 0 aliphatic heterocycles. The SMILES string of the molecule is [CH2]CCCCCCC(C)C(CC)CCC. The quantitative estimate of drug-likeness (QED) is 0.411. The van der Waals surface area contributed by atoms with Gasteiger partial charge in [-0.3, -0.25) is 0 Å². The van der Waals surface area contributed by atoms with E-state index < -0.39 is 0 Å². The van der Waals surface area contributed by atoms with E-state index in [9.17, 15) is 0 Å². The molecule has 0 N–H and O–H groups in total. The second kappa shape index (κ2) is 10.5. The Morgan fingerprint density at radius 3 is 2.13 bits per heavy atom. The molecule has 0 fully saturated rings. The van der Waals surface area contributed by atoms with Crippen molar-refractivity contribution in [2.45, 2.75) is 78.6 Å². The summed E-state index contributed by atoms with van der Waals surface area (Å²) >= 11 is 0. The van der Waals surface area contributed by atoms with Crippen molar-refractivity contribution in [1.82, 2.24) is 0 Å². The second-order valence-electron chi connectivity index (χ2n) is 4.99. The van der Waals surface area contributed by atoms with Crippen LogP contribution in [-0.4, -0.2) is 0 Å². The summed E-state index contributed by atoms with van der Waals surface area (Å²) in [5.74, 6) is 1.91. The molecule has 91 valence electrons. The van der Waals surface area contributed by atoms with Gasteiger partial charge in [0.1, 0.15) is 0 Å². The molecule has 0 aliphatic rings. The van der Waals surface area contributed by atoms with E-state index in [1.807, 2.05) is 0 Å². The smallest absolute Gasteiger partial charge is 0.0391 e. The molecule has 0 bridgehead atoms. The molecule has 1 radical (unpaired) electrons. The van der Waals surface area contributed by atoms with Crippen LogP contribution < -0.4 is 0 Å². The van der Waals surface area contributed by atoms with Crippen LogP contribution in [0.25, 0.3) is 0 Å². The monoisotopic (exact) mass is 211 g/mol. The van der Waals surface area contributed by atoms with Crippen LogP contribution in [0.2, 0.25) is 0 Å². The van der Waals surface area contributed by atoms with Crippen LogP contribution in [0.4, 0.5) is 0 Å². The van der Waals surface area contributed by atoms with Crippen LogP contribution >= 0.6 is 0 Å². The van der Waals surface area contributed by atoms with Crippen LogP contribution in [-0.2, 0) is 0 Å². The van der Waals surface area contributed by atoms with E-state index in [2.05, 4.69) is 27.7 Å². The predicted octanol–water partition coefficient (Wildman–Crippen LogP) is 5.62. The van der Waals surface area contributed by atoms with Gasteiger partial charge in [0, 0.05) is 0 Å². The summed E-state index contributed by atoms with van der Waals surface area (Å²) in [5, 5.41) is 0. The summed E-state index contributed by atoms with van der Waals surface area (Å²) in [6.45, 7) is 11.0. The van der Waals surface area contributed by atoms with E-state index in [1.54, 1.807) is 0 Å². The van der Waals surface area contributed by atoms with Crippen LogP contribution in [0, 0.1) is 18.8 Å². The molecule has 0 nitrogen and oxygen atoms in total. The molecule has 0 saturated heterocycles. The maximum atomic E-state index is 3.88. The Kier molecular flexibility index (Phi) is 10.5. The fourth-order valence-corrected chi connectivity index (χ4v) is 2.49. The van der Waals surface area contributed by atoms with Gasteiger partial charge in [-0.1, -0.05) is 85.5 Å². The van der Waals surface area contributed by atoms with Gasteiger partial charge in [-0.25, -0.2) is 0 Å². The topological polar surface area (TPSA) is 0 Å². The fourth-order valence-electron chi connectivity index (χ4n) is 2.49. The molecule has 0 amide bonds. The standard InChI is InChI=1S/C15H31/c1-5-8-9-10-11-13-14(4)15(7-3)12-6-2/h14-15H,1,5-13H2,2-4H3. The second-order valence-corrected chi connectivity index (χ2v) is 4.99. The fraction of sp³-hybridized carbons (Fsp3) is 0.933. The predicted molar refractivity (Wildman–Crippen MR) is 70.9 cm³/mol. The maximum Gasteiger partial charge on any atom is -0.0391 e. The lowest BCUT2D eigenvalue weighted by Crippen LogP contribution is -2.10. The Morgan fingerprint density at radius 1 is 0.933 bits per heavy atom. The molecule has 0 aliphatic carbocycles. The third kappa shape index (κ3) is 7.88. The summed E-state index contributed by atoms with van der Waals surface area (Å²) in [6.07, 6.45) is 12.3. The minimum absolute atomic E-state index is 0.940. The van der Waals surface area contributed by atoms with Crippen LogP contribution in [0.5, 0.6) is 0 Å². The Bertz CT molecular complexity index is 117. The Balaban J connectivity index is 3.48. The molecule has 0 saturated carbocycles. The van der Waals surface area contributed by atoms with E-state index in [-0.39, 0.29) is 0 Å². The zero-order valence-electron chi connectivity index (χ0n) is 11.2. The largest absolute Gasteiger partial charge is 0.0654 e. The van der Waals surface area contributed by atoms with E-state index in [4.69, 9.17) is 0 Å². The van der Waals surface area contributed by atoms with Crippen molar-refractivity contribution >= 4 is 0 Å². The Morgan fingerprint density at radius 2 is 1.60 bits per heavy atom. The molecule has 0 aromatic rings. The number of hydrogen-bond acceptors (Lipinski definition) is 0. The third-order valence-electron chi connectivity index (χ3n) is 3.65. The number of hydrogen-bond donors (Lipinski definition) is 0. The van der Waals surface area contributed by atoms with Crippen molar-refractivity contribution in [3.8, 4) is 0 Å². The highest BCUT2D eigenvalue weighted by Crippen LogP contribution is 2.25. The lowest BCUT2D eigenvalue weighted by atomic mass is 9.84. The minimum Gasteiger partial charge on any atom is -0.0654 e. The van der Waals surface area contributed by atoms with Crippen molar-refractivity contribution in [3.05, 3.63) is 6.92 Å². The molecule has 0 rings (SSSR count). The lowest BCUT2D eigenvalue weighted by Gasteiger charge is -2.22. The normalized spacial score (nSPS) is 15.2. The highest BCUT2D eigenvalue weighted by molar-refractivity contribution is 4.65. The van der Waals surface area contributed by atoms with Crippen molar-refractivity contribution in [1.29, 1.82) is 0 Å². The molecule has 0 heteroatoms. The first-order chi connectivity index (χ1) is 7.26. The molecule has 2 unspecified atom stereocenters. The van der Waals surface area contributed by atoms with E-state index >= 15 is 0 Å². The van der Waals surface area contributed by atoms with Gasteiger partial charge in [0.15, 0.2) is 0 Å².